The summed E-state index contributed by atoms with van der Waals surface area (Å²) in [6.45, 7) is 0. The van der Waals surface area contributed by atoms with Gasteiger partial charge in [0.05, 0.1) is 5.52 Å². The van der Waals surface area contributed by atoms with Crippen LogP contribution in [0.3, 0.4) is 0 Å². The van der Waals surface area contributed by atoms with Gasteiger partial charge in [0.25, 0.3) is 0 Å². The number of H-pyrrole nitrogens is 2. The quantitative estimate of drug-likeness (QED) is 0.477. The van der Waals surface area contributed by atoms with Crippen molar-refractivity contribution in [3.63, 3.8) is 0 Å². The van der Waals surface area contributed by atoms with Crippen molar-refractivity contribution in [2.24, 2.45) is 10.2 Å². The maximum absolute atomic E-state index is 13.4. The van der Waals surface area contributed by atoms with Crippen LogP contribution in [0.5, 0.6) is 5.88 Å². The van der Waals surface area contributed by atoms with Gasteiger partial charge >= 0.3 is 5.91 Å². The van der Waals surface area contributed by atoms with Crippen molar-refractivity contribution < 1.29 is 14.3 Å². The molecule has 4 aromatic rings. The summed E-state index contributed by atoms with van der Waals surface area (Å²) >= 11 is 0. The lowest BCUT2D eigenvalue weighted by Gasteiger charge is -1.92. The normalized spacial score (nSPS) is 11.7. The molecular formula is C17H11FN4O2. The van der Waals surface area contributed by atoms with Crippen LogP contribution < -0.4 is 0 Å². The van der Waals surface area contributed by atoms with E-state index in [1.165, 1.54) is 18.2 Å². The first-order chi connectivity index (χ1) is 11.6. The Morgan fingerprint density at radius 2 is 1.88 bits per heavy atom. The van der Waals surface area contributed by atoms with Crippen molar-refractivity contribution in [3.8, 4) is 5.88 Å². The highest BCUT2D eigenvalue weighted by atomic mass is 19.1. The summed E-state index contributed by atoms with van der Waals surface area (Å²) in [7, 11) is 0. The summed E-state index contributed by atoms with van der Waals surface area (Å²) < 4.78 is 13.4. The molecule has 0 aliphatic heterocycles. The molecule has 118 valence electrons. The maximum atomic E-state index is 13.4. The number of nitrogens with zero attached hydrogens (tertiary/aromatic N) is 2. The van der Waals surface area contributed by atoms with E-state index in [1.54, 1.807) is 6.07 Å². The van der Waals surface area contributed by atoms with E-state index in [2.05, 4.69) is 20.2 Å². The fourth-order valence-electron chi connectivity index (χ4n) is 2.57. The molecule has 0 saturated carbocycles. The molecule has 7 heteroatoms. The Kier molecular flexibility index (Phi) is 3.13. The number of rotatable bonds is 2. The van der Waals surface area contributed by atoms with Gasteiger partial charge in [-0.15, -0.1) is 10.2 Å². The minimum absolute atomic E-state index is 0.0222. The van der Waals surface area contributed by atoms with Gasteiger partial charge in [0.2, 0.25) is 5.88 Å². The second-order valence-electron chi connectivity index (χ2n) is 5.29. The van der Waals surface area contributed by atoms with E-state index in [-0.39, 0.29) is 17.3 Å². The van der Waals surface area contributed by atoms with Gasteiger partial charge in [0, 0.05) is 16.3 Å². The number of amides is 1. The third kappa shape index (κ3) is 2.32. The number of carbonyl (C=O) groups excluding carboxylic acids is 1. The van der Waals surface area contributed by atoms with Crippen LogP contribution >= 0.6 is 0 Å². The predicted molar refractivity (Wildman–Crippen MR) is 87.1 cm³/mol. The van der Waals surface area contributed by atoms with Gasteiger partial charge < -0.3 is 15.1 Å². The second-order valence-corrected chi connectivity index (χ2v) is 5.29. The van der Waals surface area contributed by atoms with E-state index in [0.717, 1.165) is 10.9 Å². The first-order valence-electron chi connectivity index (χ1n) is 7.16. The number of aromatic amines is 2. The molecule has 0 aliphatic rings. The van der Waals surface area contributed by atoms with Gasteiger partial charge in [-0.1, -0.05) is 18.2 Å². The van der Waals surface area contributed by atoms with Gasteiger partial charge in [-0.25, -0.2) is 4.39 Å². The molecule has 3 N–H and O–H groups in total. The Hall–Kier alpha value is -3.48. The van der Waals surface area contributed by atoms with Gasteiger partial charge in [-0.3, -0.25) is 4.79 Å². The molecule has 0 aliphatic carbocycles. The molecule has 2 aromatic carbocycles. The molecule has 0 radical (unpaired) electrons. The largest absolute Gasteiger partial charge is 0.493 e. The molecule has 2 aromatic heterocycles. The topological polar surface area (TPSA) is 93.6 Å². The molecule has 24 heavy (non-hydrogen) atoms. The number of azo groups is 1. The zero-order valence-corrected chi connectivity index (χ0v) is 12.2. The predicted octanol–water partition coefficient (Wildman–Crippen LogP) is 4.42. The zero-order valence-electron chi connectivity index (χ0n) is 12.2. The molecule has 4 rings (SSSR count). The number of nitrogens with one attached hydrogen (secondary N) is 2. The number of aromatic nitrogens is 2. The summed E-state index contributed by atoms with van der Waals surface area (Å²) in [4.78, 5) is 17.8. The van der Waals surface area contributed by atoms with E-state index < -0.39 is 11.7 Å². The van der Waals surface area contributed by atoms with Crippen LogP contribution in [0.15, 0.2) is 58.8 Å². The van der Waals surface area contributed by atoms with E-state index in [4.69, 9.17) is 0 Å². The van der Waals surface area contributed by atoms with Crippen LogP contribution in [0.4, 0.5) is 10.1 Å². The van der Waals surface area contributed by atoms with Gasteiger partial charge in [0.1, 0.15) is 11.5 Å². The van der Waals surface area contributed by atoms with Crippen molar-refractivity contribution in [2.45, 2.75) is 0 Å². The molecule has 0 fully saturated rings. The number of hydrogen-bond donors (Lipinski definition) is 3. The first kappa shape index (κ1) is 14.1. The minimum atomic E-state index is -0.587. The zero-order chi connectivity index (χ0) is 16.7. The maximum Gasteiger partial charge on any atom is 0.311 e. The van der Waals surface area contributed by atoms with E-state index in [9.17, 15) is 14.3 Å². The Morgan fingerprint density at radius 3 is 2.71 bits per heavy atom. The van der Waals surface area contributed by atoms with Gasteiger partial charge in [-0.2, -0.15) is 0 Å². The number of hydrogen-bond acceptors (Lipinski definition) is 3. The molecule has 0 bridgehead atoms. The lowest BCUT2D eigenvalue weighted by Crippen LogP contribution is -1.92. The van der Waals surface area contributed by atoms with Gasteiger partial charge in [-0.05, 0) is 30.3 Å². The minimum Gasteiger partial charge on any atom is -0.493 e. The third-order valence-corrected chi connectivity index (χ3v) is 3.72. The number of fused-ring (bicyclic) bond motifs is 2. The fraction of sp³-hybridized carbons (Fsp3) is 0. The van der Waals surface area contributed by atoms with E-state index in [0.29, 0.717) is 10.9 Å². The summed E-state index contributed by atoms with van der Waals surface area (Å²) in [6.07, 6.45) is 0. The third-order valence-electron chi connectivity index (χ3n) is 3.72. The van der Waals surface area contributed by atoms with Crippen LogP contribution in [0.2, 0.25) is 0 Å². The lowest BCUT2D eigenvalue weighted by molar-refractivity contribution is 0.0991. The van der Waals surface area contributed by atoms with Crippen molar-refractivity contribution in [1.82, 2.24) is 9.97 Å². The molecular weight excluding hydrogens is 311 g/mol. The molecule has 2 heterocycles. The SMILES string of the molecule is O=C(N=Nc1c(O)[nH]c2ccc(F)cc12)c1cc2ccccc2[nH]1. The Bertz CT molecular complexity index is 1080. The van der Waals surface area contributed by atoms with Gasteiger partial charge in [0.15, 0.2) is 5.69 Å². The van der Waals surface area contributed by atoms with Crippen molar-refractivity contribution >= 4 is 33.4 Å². The standard InChI is InChI=1S/C17H11FN4O2/c18-10-5-6-13-11(8-10)15(17(24)20-13)21-22-16(23)14-7-9-3-1-2-4-12(9)19-14/h1-8,19-20,24H. The van der Waals surface area contributed by atoms with Crippen LogP contribution in [0.25, 0.3) is 21.8 Å². The molecule has 0 atom stereocenters. The van der Waals surface area contributed by atoms with Crippen molar-refractivity contribution in [2.75, 3.05) is 0 Å². The molecule has 0 spiro atoms. The number of benzene rings is 2. The van der Waals surface area contributed by atoms with Crippen LogP contribution in [0.1, 0.15) is 10.5 Å². The number of halogens is 1. The number of carbonyl (C=O) groups is 1. The van der Waals surface area contributed by atoms with Crippen LogP contribution in [-0.2, 0) is 0 Å². The van der Waals surface area contributed by atoms with Crippen molar-refractivity contribution in [3.05, 3.63) is 60.0 Å². The monoisotopic (exact) mass is 322 g/mol. The first-order valence-corrected chi connectivity index (χ1v) is 7.16. The number of para-hydroxylation sites is 1. The molecule has 1 amide bonds. The smallest absolute Gasteiger partial charge is 0.311 e. The van der Waals surface area contributed by atoms with Crippen molar-refractivity contribution in [1.29, 1.82) is 0 Å². The van der Waals surface area contributed by atoms with E-state index in [1.807, 2.05) is 24.3 Å². The summed E-state index contributed by atoms with van der Waals surface area (Å²) in [5.41, 5.74) is 1.62. The fourth-order valence-corrected chi connectivity index (χ4v) is 2.57. The highest BCUT2D eigenvalue weighted by molar-refractivity contribution is 5.99. The number of aromatic hydroxyl groups is 1. The highest BCUT2D eigenvalue weighted by Gasteiger charge is 2.13. The summed E-state index contributed by atoms with van der Waals surface area (Å²) in [5.74, 6) is -1.33. The summed E-state index contributed by atoms with van der Waals surface area (Å²) in [5, 5.41) is 18.5. The van der Waals surface area contributed by atoms with E-state index >= 15 is 0 Å². The Labute approximate surface area is 134 Å². The van der Waals surface area contributed by atoms with Crippen LogP contribution in [0, 0.1) is 5.82 Å². The Balaban J connectivity index is 1.70. The average molecular weight is 322 g/mol. The lowest BCUT2D eigenvalue weighted by atomic mass is 10.2. The molecule has 0 saturated heterocycles. The second kappa shape index (κ2) is 5.31. The Morgan fingerprint density at radius 1 is 1.04 bits per heavy atom. The molecule has 0 unspecified atom stereocenters. The highest BCUT2D eigenvalue weighted by Crippen LogP contribution is 2.35. The molecule has 6 nitrogen and oxygen atoms in total. The summed E-state index contributed by atoms with van der Waals surface area (Å²) in [6, 6.07) is 13.1. The van der Waals surface area contributed by atoms with Crippen LogP contribution in [-0.4, -0.2) is 21.0 Å². The average Bonchev–Trinajstić information content (AvgIpc) is 3.13.